The van der Waals surface area contributed by atoms with Crippen molar-refractivity contribution < 1.29 is 4.79 Å². The van der Waals surface area contributed by atoms with E-state index in [9.17, 15) is 9.59 Å². The van der Waals surface area contributed by atoms with Gasteiger partial charge in [-0.3, -0.25) is 19.0 Å². The summed E-state index contributed by atoms with van der Waals surface area (Å²) in [6.07, 6.45) is 3.74. The minimum Gasteiger partial charge on any atom is -0.320 e. The Bertz CT molecular complexity index is 1070. The predicted molar refractivity (Wildman–Crippen MR) is 114 cm³/mol. The van der Waals surface area contributed by atoms with E-state index in [-0.39, 0.29) is 35.7 Å². The fourth-order valence-electron chi connectivity index (χ4n) is 3.86. The molecule has 1 amide bonds. The number of amides is 1. The van der Waals surface area contributed by atoms with Crippen molar-refractivity contribution in [2.45, 2.75) is 12.8 Å². The Labute approximate surface area is 174 Å². The number of hydrogen-bond donors (Lipinski definition) is 2. The van der Waals surface area contributed by atoms with Crippen LogP contribution in [0.3, 0.4) is 0 Å². The maximum Gasteiger partial charge on any atom is 0.295 e. The van der Waals surface area contributed by atoms with Crippen molar-refractivity contribution in [3.8, 4) is 5.69 Å². The lowest BCUT2D eigenvalue weighted by Crippen LogP contribution is -2.30. The van der Waals surface area contributed by atoms with E-state index in [2.05, 4.69) is 15.7 Å². The largest absolute Gasteiger partial charge is 0.320 e. The zero-order valence-corrected chi connectivity index (χ0v) is 17.4. The molecule has 3 heterocycles. The lowest BCUT2D eigenvalue weighted by molar-refractivity contribution is -0.119. The Morgan fingerprint density at radius 3 is 2.59 bits per heavy atom. The lowest BCUT2D eigenvalue weighted by Gasteiger charge is -2.16. The highest BCUT2D eigenvalue weighted by molar-refractivity contribution is 5.94. The highest BCUT2D eigenvalue weighted by atomic mass is 35.5. The number of hydrogen-bond acceptors (Lipinski definition) is 4. The molecule has 3 aromatic rings. The molecule has 2 N–H and O–H groups in total. The van der Waals surface area contributed by atoms with Gasteiger partial charge in [0.25, 0.3) is 5.56 Å². The zero-order chi connectivity index (χ0) is 19.8. The third-order valence-corrected chi connectivity index (χ3v) is 5.51. The van der Waals surface area contributed by atoms with Gasteiger partial charge in [0.15, 0.2) is 0 Å². The molecule has 1 aliphatic rings. The molecular formula is C20H25ClN6O2. The van der Waals surface area contributed by atoms with Crippen molar-refractivity contribution >= 4 is 24.0 Å². The third kappa shape index (κ3) is 3.73. The molecule has 4 rings (SSSR count). The molecule has 0 radical (unpaired) electrons. The van der Waals surface area contributed by atoms with Crippen LogP contribution in [-0.2, 0) is 18.9 Å². The molecule has 0 spiro atoms. The summed E-state index contributed by atoms with van der Waals surface area (Å²) in [5.41, 5.74) is 2.59. The molecule has 0 saturated carbocycles. The number of carbonyl (C=O) groups is 1. The highest BCUT2D eigenvalue weighted by Gasteiger charge is 2.35. The molecule has 2 atom stereocenters. The van der Waals surface area contributed by atoms with Gasteiger partial charge in [0.2, 0.25) is 5.91 Å². The summed E-state index contributed by atoms with van der Waals surface area (Å²) in [5.74, 6) is -0.368. The second kappa shape index (κ2) is 8.26. The topological polar surface area (TPSA) is 85.9 Å². The molecule has 8 nitrogen and oxygen atoms in total. The average Bonchev–Trinajstić information content (AvgIpc) is 3.38. The number of halogens is 1. The molecule has 0 bridgehead atoms. The second-order valence-corrected chi connectivity index (χ2v) is 7.24. The van der Waals surface area contributed by atoms with Gasteiger partial charge in [-0.15, -0.1) is 12.4 Å². The quantitative estimate of drug-likeness (QED) is 0.676. The van der Waals surface area contributed by atoms with Crippen LogP contribution in [0.5, 0.6) is 0 Å². The van der Waals surface area contributed by atoms with Crippen molar-refractivity contribution in [2.24, 2.45) is 20.0 Å². The fraction of sp³-hybridized carbons (Fsp3) is 0.350. The Balaban J connectivity index is 0.00000240. The summed E-state index contributed by atoms with van der Waals surface area (Å²) in [6.45, 7) is 3.12. The number of anilines is 1. The summed E-state index contributed by atoms with van der Waals surface area (Å²) >= 11 is 0. The smallest absolute Gasteiger partial charge is 0.295 e. The van der Waals surface area contributed by atoms with Crippen LogP contribution in [0, 0.1) is 12.8 Å². The summed E-state index contributed by atoms with van der Waals surface area (Å²) in [7, 11) is 3.68. The van der Waals surface area contributed by atoms with Crippen molar-refractivity contribution in [3.63, 3.8) is 0 Å². The van der Waals surface area contributed by atoms with E-state index in [0.717, 1.165) is 11.3 Å². The standard InChI is InChI=1S/C20H24N6O2.ClH/c1-13-18(20(28)26(25(13)3)15-7-5-4-6-8-15)23-19(27)17-11-21-10-16(17)14-9-22-24(2)12-14;/h4-9,12,16-17,21H,10-11H2,1-3H3,(H,23,27);1H/t16-,17+;/m1./s1. The zero-order valence-electron chi connectivity index (χ0n) is 16.6. The number of carbonyl (C=O) groups excluding carboxylic acids is 1. The number of aryl methyl sites for hydroxylation is 1. The first-order valence-electron chi connectivity index (χ1n) is 9.31. The Kier molecular flexibility index (Phi) is 5.95. The molecular weight excluding hydrogens is 392 g/mol. The molecule has 1 fully saturated rings. The number of benzene rings is 1. The number of rotatable bonds is 4. The van der Waals surface area contributed by atoms with Crippen LogP contribution in [0.2, 0.25) is 0 Å². The molecule has 1 aliphatic heterocycles. The molecule has 2 aromatic heterocycles. The normalized spacial score (nSPS) is 18.4. The van der Waals surface area contributed by atoms with Gasteiger partial charge in [-0.2, -0.15) is 5.10 Å². The van der Waals surface area contributed by atoms with Gasteiger partial charge in [-0.1, -0.05) is 18.2 Å². The summed E-state index contributed by atoms with van der Waals surface area (Å²) in [5, 5.41) is 10.4. The van der Waals surface area contributed by atoms with Gasteiger partial charge in [0.05, 0.1) is 23.5 Å². The van der Waals surface area contributed by atoms with Crippen LogP contribution in [0.15, 0.2) is 47.5 Å². The molecule has 0 aliphatic carbocycles. The van der Waals surface area contributed by atoms with E-state index < -0.39 is 0 Å². The molecule has 1 saturated heterocycles. The van der Waals surface area contributed by atoms with Crippen LogP contribution in [0.25, 0.3) is 5.69 Å². The van der Waals surface area contributed by atoms with Crippen molar-refractivity contribution in [3.05, 3.63) is 64.3 Å². The Hall–Kier alpha value is -2.84. The number of nitrogens with zero attached hydrogens (tertiary/aromatic N) is 4. The number of para-hydroxylation sites is 1. The summed E-state index contributed by atoms with van der Waals surface area (Å²) < 4.78 is 5.07. The Morgan fingerprint density at radius 2 is 1.93 bits per heavy atom. The lowest BCUT2D eigenvalue weighted by atomic mass is 9.90. The fourth-order valence-corrected chi connectivity index (χ4v) is 3.86. The average molecular weight is 417 g/mol. The van der Waals surface area contributed by atoms with E-state index in [0.29, 0.717) is 24.5 Å². The molecule has 0 unspecified atom stereocenters. The molecule has 29 heavy (non-hydrogen) atoms. The maximum absolute atomic E-state index is 13.0. The van der Waals surface area contributed by atoms with Crippen LogP contribution >= 0.6 is 12.4 Å². The van der Waals surface area contributed by atoms with Crippen LogP contribution in [0.4, 0.5) is 5.69 Å². The minimum absolute atomic E-state index is 0. The first-order chi connectivity index (χ1) is 13.5. The van der Waals surface area contributed by atoms with Gasteiger partial charge in [-0.05, 0) is 24.6 Å². The molecule has 154 valence electrons. The van der Waals surface area contributed by atoms with E-state index in [1.807, 2.05) is 57.5 Å². The van der Waals surface area contributed by atoms with Crippen LogP contribution < -0.4 is 16.2 Å². The van der Waals surface area contributed by atoms with Crippen LogP contribution in [-0.4, -0.2) is 38.1 Å². The highest BCUT2D eigenvalue weighted by Crippen LogP contribution is 2.29. The van der Waals surface area contributed by atoms with E-state index in [1.54, 1.807) is 20.2 Å². The monoisotopic (exact) mass is 416 g/mol. The first kappa shape index (κ1) is 20.9. The van der Waals surface area contributed by atoms with Crippen molar-refractivity contribution in [2.75, 3.05) is 18.4 Å². The first-order valence-corrected chi connectivity index (χ1v) is 9.31. The van der Waals surface area contributed by atoms with Gasteiger partial charge in [-0.25, -0.2) is 4.68 Å². The SMILES string of the molecule is Cc1c(NC(=O)[C@H]2CNC[C@@H]2c2cnn(C)c2)c(=O)n(-c2ccccc2)n1C.Cl. The van der Waals surface area contributed by atoms with Gasteiger partial charge < -0.3 is 10.6 Å². The minimum atomic E-state index is -0.256. The Morgan fingerprint density at radius 1 is 1.21 bits per heavy atom. The number of aromatic nitrogens is 4. The van der Waals surface area contributed by atoms with Gasteiger partial charge in [0, 0.05) is 39.3 Å². The molecule has 1 aromatic carbocycles. The summed E-state index contributed by atoms with van der Waals surface area (Å²) in [4.78, 5) is 26.0. The van der Waals surface area contributed by atoms with Gasteiger partial charge >= 0.3 is 0 Å². The predicted octanol–water partition coefficient (Wildman–Crippen LogP) is 1.58. The number of nitrogens with one attached hydrogen (secondary N) is 2. The third-order valence-electron chi connectivity index (χ3n) is 5.51. The summed E-state index contributed by atoms with van der Waals surface area (Å²) in [6, 6.07) is 9.40. The van der Waals surface area contributed by atoms with Crippen molar-refractivity contribution in [1.82, 2.24) is 24.5 Å². The molecule has 9 heteroatoms. The van der Waals surface area contributed by atoms with E-state index >= 15 is 0 Å². The van der Waals surface area contributed by atoms with E-state index in [1.165, 1.54) is 0 Å². The van der Waals surface area contributed by atoms with Crippen molar-refractivity contribution in [1.29, 1.82) is 0 Å². The van der Waals surface area contributed by atoms with Crippen LogP contribution in [0.1, 0.15) is 17.2 Å². The van der Waals surface area contributed by atoms with Gasteiger partial charge in [0.1, 0.15) is 5.69 Å². The van der Waals surface area contributed by atoms with E-state index in [4.69, 9.17) is 0 Å². The maximum atomic E-state index is 13.0. The second-order valence-electron chi connectivity index (χ2n) is 7.24.